The highest BCUT2D eigenvalue weighted by Crippen LogP contribution is 2.41. The molecule has 0 aliphatic carbocycles. The minimum Gasteiger partial charge on any atom is -0.465 e. The van der Waals surface area contributed by atoms with E-state index in [2.05, 4.69) is 17.0 Å². The molecule has 1 saturated heterocycles. The quantitative estimate of drug-likeness (QED) is 0.866. The monoisotopic (exact) mass is 291 g/mol. The van der Waals surface area contributed by atoms with Crippen molar-refractivity contribution >= 4 is 11.7 Å². The molecule has 0 saturated carbocycles. The zero-order valence-electron chi connectivity index (χ0n) is 13.1. The zero-order chi connectivity index (χ0) is 15.5. The smallest absolute Gasteiger partial charge is 0.314 e. The fourth-order valence-corrected chi connectivity index (χ4v) is 2.90. The Labute approximate surface area is 126 Å². The van der Waals surface area contributed by atoms with Gasteiger partial charge >= 0.3 is 5.97 Å². The van der Waals surface area contributed by atoms with E-state index in [0.717, 1.165) is 18.8 Å². The van der Waals surface area contributed by atoms with Gasteiger partial charge in [-0.25, -0.2) is 0 Å². The lowest BCUT2D eigenvalue weighted by Gasteiger charge is -2.46. The van der Waals surface area contributed by atoms with Gasteiger partial charge in [-0.3, -0.25) is 4.79 Å². The van der Waals surface area contributed by atoms with Crippen molar-refractivity contribution in [1.82, 2.24) is 0 Å². The van der Waals surface area contributed by atoms with Crippen molar-refractivity contribution in [2.75, 3.05) is 24.6 Å². The lowest BCUT2D eigenvalue weighted by Crippen LogP contribution is -2.56. The fraction of sp³-hybridized carbons (Fsp3) is 0.588. The maximum absolute atomic E-state index is 12.1. The molecular weight excluding hydrogens is 266 g/mol. The molecule has 0 unspecified atom stereocenters. The van der Waals surface area contributed by atoms with Gasteiger partial charge in [0.1, 0.15) is 0 Å². The number of anilines is 1. The van der Waals surface area contributed by atoms with Crippen LogP contribution in [-0.4, -0.2) is 36.4 Å². The molecule has 1 aliphatic heterocycles. The lowest BCUT2D eigenvalue weighted by atomic mass is 9.69. The molecule has 4 nitrogen and oxygen atoms in total. The van der Waals surface area contributed by atoms with Crippen molar-refractivity contribution in [2.45, 2.75) is 39.2 Å². The van der Waals surface area contributed by atoms with Crippen LogP contribution in [0.4, 0.5) is 5.69 Å². The third kappa shape index (κ3) is 3.05. The molecule has 1 aromatic carbocycles. The molecule has 0 bridgehead atoms. The Hall–Kier alpha value is -1.55. The molecule has 0 aromatic heterocycles. The Morgan fingerprint density at radius 2 is 1.86 bits per heavy atom. The van der Waals surface area contributed by atoms with E-state index in [9.17, 15) is 9.90 Å². The maximum Gasteiger partial charge on any atom is 0.314 e. The molecule has 0 spiro atoms. The Balaban J connectivity index is 2.06. The molecule has 1 aromatic rings. The van der Waals surface area contributed by atoms with Crippen LogP contribution in [0.5, 0.6) is 0 Å². The maximum atomic E-state index is 12.1. The highest BCUT2D eigenvalue weighted by atomic mass is 16.5. The molecule has 4 heteroatoms. The number of carbonyl (C=O) groups is 1. The minimum absolute atomic E-state index is 0.319. The van der Waals surface area contributed by atoms with Crippen molar-refractivity contribution in [1.29, 1.82) is 0 Å². The standard InChI is InChI=1S/C17H25NO3/c1-4-21-15(19)16(2,3)17(20)10-12-18(13-11-17)14-8-6-5-7-9-14/h5-9,20H,4,10-13H2,1-3H3. The van der Waals surface area contributed by atoms with E-state index in [4.69, 9.17) is 4.74 Å². The van der Waals surface area contributed by atoms with Crippen molar-refractivity contribution in [3.8, 4) is 0 Å². The van der Waals surface area contributed by atoms with Crippen LogP contribution >= 0.6 is 0 Å². The summed E-state index contributed by atoms with van der Waals surface area (Å²) in [5.41, 5.74) is -0.732. The van der Waals surface area contributed by atoms with Gasteiger partial charge in [-0.2, -0.15) is 0 Å². The number of esters is 1. The van der Waals surface area contributed by atoms with Gasteiger partial charge < -0.3 is 14.7 Å². The lowest BCUT2D eigenvalue weighted by molar-refractivity contribution is -0.173. The first kappa shape index (κ1) is 15.8. The van der Waals surface area contributed by atoms with Crippen molar-refractivity contribution in [3.05, 3.63) is 30.3 Å². The number of benzene rings is 1. The van der Waals surface area contributed by atoms with Gasteiger partial charge in [0.05, 0.1) is 17.6 Å². The van der Waals surface area contributed by atoms with Crippen LogP contribution in [0.2, 0.25) is 0 Å². The van der Waals surface area contributed by atoms with E-state index in [0.29, 0.717) is 19.4 Å². The largest absolute Gasteiger partial charge is 0.465 e. The summed E-state index contributed by atoms with van der Waals surface area (Å²) in [5.74, 6) is -0.319. The van der Waals surface area contributed by atoms with Crippen LogP contribution in [0.15, 0.2) is 30.3 Å². The Morgan fingerprint density at radius 3 is 2.38 bits per heavy atom. The summed E-state index contributed by atoms with van der Waals surface area (Å²) < 4.78 is 5.12. The summed E-state index contributed by atoms with van der Waals surface area (Å²) in [4.78, 5) is 14.4. The van der Waals surface area contributed by atoms with Gasteiger partial charge in [0.15, 0.2) is 0 Å². The number of piperidine rings is 1. The van der Waals surface area contributed by atoms with Gasteiger partial charge in [0.25, 0.3) is 0 Å². The van der Waals surface area contributed by atoms with Crippen LogP contribution in [-0.2, 0) is 9.53 Å². The van der Waals surface area contributed by atoms with Crippen LogP contribution in [0.3, 0.4) is 0 Å². The number of hydrogen-bond acceptors (Lipinski definition) is 4. The Bertz CT molecular complexity index is 476. The van der Waals surface area contributed by atoms with E-state index in [-0.39, 0.29) is 5.97 Å². The summed E-state index contributed by atoms with van der Waals surface area (Å²) in [7, 11) is 0. The molecule has 21 heavy (non-hydrogen) atoms. The van der Waals surface area contributed by atoms with Crippen molar-refractivity contribution < 1.29 is 14.6 Å². The van der Waals surface area contributed by atoms with Gasteiger partial charge in [-0.15, -0.1) is 0 Å². The second-order valence-corrected chi connectivity index (χ2v) is 6.20. The molecule has 0 atom stereocenters. The predicted octanol–water partition coefficient (Wildman–Crippen LogP) is 2.61. The predicted molar refractivity (Wildman–Crippen MR) is 83.3 cm³/mol. The van der Waals surface area contributed by atoms with E-state index >= 15 is 0 Å². The zero-order valence-corrected chi connectivity index (χ0v) is 13.1. The average molecular weight is 291 g/mol. The van der Waals surface area contributed by atoms with Gasteiger partial charge in [0.2, 0.25) is 0 Å². The minimum atomic E-state index is -1.01. The average Bonchev–Trinajstić information content (AvgIpc) is 2.49. The number of ether oxygens (including phenoxy) is 1. The van der Waals surface area contributed by atoms with Gasteiger partial charge in [-0.1, -0.05) is 18.2 Å². The topological polar surface area (TPSA) is 49.8 Å². The normalized spacial score (nSPS) is 18.4. The third-order valence-corrected chi connectivity index (χ3v) is 4.66. The molecule has 116 valence electrons. The molecule has 0 radical (unpaired) electrons. The molecular formula is C17H25NO3. The number of para-hydroxylation sites is 1. The second kappa shape index (κ2) is 6.06. The molecule has 2 rings (SSSR count). The van der Waals surface area contributed by atoms with Crippen LogP contribution < -0.4 is 4.90 Å². The molecule has 1 aliphatic rings. The van der Waals surface area contributed by atoms with E-state index in [1.165, 1.54) is 0 Å². The van der Waals surface area contributed by atoms with Crippen LogP contribution in [0.25, 0.3) is 0 Å². The van der Waals surface area contributed by atoms with E-state index in [1.807, 2.05) is 18.2 Å². The Morgan fingerprint density at radius 1 is 1.29 bits per heavy atom. The van der Waals surface area contributed by atoms with Crippen molar-refractivity contribution in [3.63, 3.8) is 0 Å². The number of hydrogen-bond donors (Lipinski definition) is 1. The summed E-state index contributed by atoms with van der Waals surface area (Å²) in [6.45, 7) is 7.17. The van der Waals surface area contributed by atoms with E-state index in [1.54, 1.807) is 20.8 Å². The first-order chi connectivity index (χ1) is 9.90. The highest BCUT2D eigenvalue weighted by molar-refractivity contribution is 5.77. The summed E-state index contributed by atoms with van der Waals surface area (Å²) in [6.07, 6.45) is 1.13. The fourth-order valence-electron chi connectivity index (χ4n) is 2.90. The Kier molecular flexibility index (Phi) is 4.57. The molecule has 0 amide bonds. The first-order valence-corrected chi connectivity index (χ1v) is 7.60. The SMILES string of the molecule is CCOC(=O)C(C)(C)C1(O)CCN(c2ccccc2)CC1. The number of carbonyl (C=O) groups excluding carboxylic acids is 1. The molecule has 1 heterocycles. The number of rotatable bonds is 4. The van der Waals surface area contributed by atoms with Gasteiger partial charge in [-0.05, 0) is 45.7 Å². The van der Waals surface area contributed by atoms with Crippen LogP contribution in [0.1, 0.15) is 33.6 Å². The molecule has 1 N–H and O–H groups in total. The third-order valence-electron chi connectivity index (χ3n) is 4.66. The summed E-state index contributed by atoms with van der Waals surface area (Å²) in [5, 5.41) is 10.9. The van der Waals surface area contributed by atoms with E-state index < -0.39 is 11.0 Å². The number of nitrogens with zero attached hydrogens (tertiary/aromatic N) is 1. The van der Waals surface area contributed by atoms with Crippen molar-refractivity contribution in [2.24, 2.45) is 5.41 Å². The first-order valence-electron chi connectivity index (χ1n) is 7.60. The number of aliphatic hydroxyl groups is 1. The summed E-state index contributed by atoms with van der Waals surface area (Å²) in [6, 6.07) is 10.2. The molecule has 1 fully saturated rings. The van der Waals surface area contributed by atoms with Crippen LogP contribution in [0, 0.1) is 5.41 Å². The summed E-state index contributed by atoms with van der Waals surface area (Å²) >= 11 is 0. The highest BCUT2D eigenvalue weighted by Gasteiger charge is 2.51. The second-order valence-electron chi connectivity index (χ2n) is 6.20. The van der Waals surface area contributed by atoms with Gasteiger partial charge in [0, 0.05) is 18.8 Å².